The molecule has 1 saturated heterocycles. The van der Waals surface area contributed by atoms with Gasteiger partial charge in [-0.1, -0.05) is 18.5 Å². The van der Waals surface area contributed by atoms with E-state index in [4.69, 9.17) is 11.6 Å². The minimum atomic E-state index is 0.541. The Balaban J connectivity index is 1.99. The Labute approximate surface area is 116 Å². The zero-order valence-electron chi connectivity index (χ0n) is 10.2. The first-order chi connectivity index (χ1) is 8.75. The van der Waals surface area contributed by atoms with Crippen LogP contribution in [0.25, 0.3) is 10.9 Å². The van der Waals surface area contributed by atoms with Crippen LogP contribution in [-0.4, -0.2) is 22.0 Å². The van der Waals surface area contributed by atoms with Crippen molar-refractivity contribution in [3.05, 3.63) is 35.5 Å². The summed E-state index contributed by atoms with van der Waals surface area (Å²) in [4.78, 5) is 4.36. The number of hydrogen-bond acceptors (Lipinski definition) is 3. The summed E-state index contributed by atoms with van der Waals surface area (Å²) in [6, 6.07) is 8.55. The minimum absolute atomic E-state index is 0.541. The van der Waals surface area contributed by atoms with Gasteiger partial charge in [0.2, 0.25) is 0 Å². The third-order valence-corrected chi connectivity index (χ3v) is 5.07. The average Bonchev–Trinajstić information content (AvgIpc) is 2.79. The second-order valence-electron chi connectivity index (χ2n) is 4.61. The Morgan fingerprint density at radius 2 is 2.28 bits per heavy atom. The molecule has 94 valence electrons. The van der Waals surface area contributed by atoms with Gasteiger partial charge in [-0.15, -0.1) is 0 Å². The first kappa shape index (κ1) is 12.1. The molecule has 0 bridgehead atoms. The number of nitrogens with zero attached hydrogens (tertiary/aromatic N) is 1. The van der Waals surface area contributed by atoms with Gasteiger partial charge in [0.1, 0.15) is 0 Å². The predicted octanol–water partition coefficient (Wildman–Crippen LogP) is 4.19. The zero-order valence-corrected chi connectivity index (χ0v) is 11.8. The summed E-state index contributed by atoms with van der Waals surface area (Å²) >= 11 is 8.21. The molecule has 2 atom stereocenters. The van der Waals surface area contributed by atoms with Gasteiger partial charge in [0.05, 0.1) is 10.5 Å². The van der Waals surface area contributed by atoms with Crippen LogP contribution in [0.1, 0.15) is 13.3 Å². The van der Waals surface area contributed by atoms with Gasteiger partial charge in [-0.2, -0.15) is 11.8 Å². The van der Waals surface area contributed by atoms with E-state index >= 15 is 0 Å². The number of halogens is 1. The quantitative estimate of drug-likeness (QED) is 0.891. The summed E-state index contributed by atoms with van der Waals surface area (Å²) in [6.07, 6.45) is 3.00. The van der Waals surface area contributed by atoms with E-state index in [0.29, 0.717) is 16.3 Å². The molecule has 0 saturated carbocycles. The third kappa shape index (κ3) is 2.17. The molecule has 1 aliphatic rings. The van der Waals surface area contributed by atoms with Crippen molar-refractivity contribution < 1.29 is 0 Å². The molecule has 0 amide bonds. The maximum absolute atomic E-state index is 6.18. The lowest BCUT2D eigenvalue weighted by Gasteiger charge is -2.19. The van der Waals surface area contributed by atoms with Gasteiger partial charge in [-0.05, 0) is 36.4 Å². The number of anilines is 1. The molecule has 4 heteroatoms. The van der Waals surface area contributed by atoms with Crippen LogP contribution in [0.4, 0.5) is 5.69 Å². The van der Waals surface area contributed by atoms with Gasteiger partial charge < -0.3 is 5.32 Å². The Hall–Kier alpha value is -0.930. The van der Waals surface area contributed by atoms with Gasteiger partial charge in [-0.3, -0.25) is 4.98 Å². The zero-order chi connectivity index (χ0) is 12.5. The monoisotopic (exact) mass is 278 g/mol. The predicted molar refractivity (Wildman–Crippen MR) is 80.7 cm³/mol. The summed E-state index contributed by atoms with van der Waals surface area (Å²) in [5, 5.41) is 6.12. The summed E-state index contributed by atoms with van der Waals surface area (Å²) in [5.74, 6) is 1.24. The van der Waals surface area contributed by atoms with E-state index in [0.717, 1.165) is 16.6 Å². The van der Waals surface area contributed by atoms with E-state index < -0.39 is 0 Å². The van der Waals surface area contributed by atoms with E-state index in [2.05, 4.69) is 29.4 Å². The van der Waals surface area contributed by atoms with Crippen molar-refractivity contribution in [3.63, 3.8) is 0 Å². The van der Waals surface area contributed by atoms with E-state index in [-0.39, 0.29) is 0 Å². The maximum Gasteiger partial charge on any atom is 0.0908 e. The van der Waals surface area contributed by atoms with E-state index in [1.54, 1.807) is 6.20 Å². The SMILES string of the molecule is CC1SCCC1Nc1ccc(Cl)c2ncccc12. The largest absolute Gasteiger partial charge is 0.381 e. The van der Waals surface area contributed by atoms with Crippen LogP contribution in [0.15, 0.2) is 30.5 Å². The maximum atomic E-state index is 6.18. The normalized spacial score (nSPS) is 23.4. The molecule has 0 radical (unpaired) electrons. The van der Waals surface area contributed by atoms with Crippen molar-refractivity contribution >= 4 is 40.0 Å². The number of benzene rings is 1. The van der Waals surface area contributed by atoms with Gasteiger partial charge in [0.25, 0.3) is 0 Å². The smallest absolute Gasteiger partial charge is 0.0908 e. The molecule has 0 aliphatic carbocycles. The second kappa shape index (κ2) is 4.98. The lowest BCUT2D eigenvalue weighted by Crippen LogP contribution is -2.24. The van der Waals surface area contributed by atoms with Crippen LogP contribution in [-0.2, 0) is 0 Å². The van der Waals surface area contributed by atoms with Crippen molar-refractivity contribution in [1.82, 2.24) is 4.98 Å². The van der Waals surface area contributed by atoms with Crippen LogP contribution >= 0.6 is 23.4 Å². The first-order valence-corrected chi connectivity index (χ1v) is 7.60. The van der Waals surface area contributed by atoms with E-state index in [1.807, 2.05) is 23.9 Å². The summed E-state index contributed by atoms with van der Waals surface area (Å²) in [5.41, 5.74) is 2.02. The highest BCUT2D eigenvalue weighted by Crippen LogP contribution is 2.33. The topological polar surface area (TPSA) is 24.9 Å². The molecule has 2 unspecified atom stereocenters. The highest BCUT2D eigenvalue weighted by molar-refractivity contribution is 8.00. The second-order valence-corrected chi connectivity index (χ2v) is 6.50. The van der Waals surface area contributed by atoms with Crippen molar-refractivity contribution in [2.45, 2.75) is 24.6 Å². The molecule has 1 aliphatic heterocycles. The first-order valence-electron chi connectivity index (χ1n) is 6.17. The Kier molecular flexibility index (Phi) is 3.35. The Morgan fingerprint density at radius 3 is 3.06 bits per heavy atom. The van der Waals surface area contributed by atoms with E-state index in [9.17, 15) is 0 Å². The Morgan fingerprint density at radius 1 is 1.39 bits per heavy atom. The number of aromatic nitrogens is 1. The Bertz CT molecular complexity index is 573. The number of nitrogens with one attached hydrogen (secondary N) is 1. The van der Waals surface area contributed by atoms with Crippen LogP contribution in [0.5, 0.6) is 0 Å². The number of pyridine rings is 1. The van der Waals surface area contributed by atoms with Crippen LogP contribution in [0.3, 0.4) is 0 Å². The molecule has 18 heavy (non-hydrogen) atoms. The molecule has 3 rings (SSSR count). The highest BCUT2D eigenvalue weighted by atomic mass is 35.5. The lowest BCUT2D eigenvalue weighted by atomic mass is 10.1. The van der Waals surface area contributed by atoms with Crippen LogP contribution in [0, 0.1) is 0 Å². The number of hydrogen-bond donors (Lipinski definition) is 1. The molecule has 2 heterocycles. The highest BCUT2D eigenvalue weighted by Gasteiger charge is 2.24. The molecule has 1 aromatic carbocycles. The van der Waals surface area contributed by atoms with Crippen molar-refractivity contribution in [1.29, 1.82) is 0 Å². The van der Waals surface area contributed by atoms with Gasteiger partial charge >= 0.3 is 0 Å². The fourth-order valence-electron chi connectivity index (χ4n) is 2.39. The van der Waals surface area contributed by atoms with Crippen LogP contribution < -0.4 is 5.32 Å². The number of thioether (sulfide) groups is 1. The summed E-state index contributed by atoms with van der Waals surface area (Å²) < 4.78 is 0. The van der Waals surface area contributed by atoms with Crippen molar-refractivity contribution in [3.8, 4) is 0 Å². The fourth-order valence-corrected chi connectivity index (χ4v) is 3.80. The molecular formula is C14H15ClN2S. The lowest BCUT2D eigenvalue weighted by molar-refractivity contribution is 0.725. The molecule has 2 nitrogen and oxygen atoms in total. The molecular weight excluding hydrogens is 264 g/mol. The molecule has 0 spiro atoms. The number of rotatable bonds is 2. The third-order valence-electron chi connectivity index (χ3n) is 3.44. The van der Waals surface area contributed by atoms with Crippen molar-refractivity contribution in [2.24, 2.45) is 0 Å². The molecule has 1 N–H and O–H groups in total. The summed E-state index contributed by atoms with van der Waals surface area (Å²) in [6.45, 7) is 2.28. The summed E-state index contributed by atoms with van der Waals surface area (Å²) in [7, 11) is 0. The van der Waals surface area contributed by atoms with Crippen molar-refractivity contribution in [2.75, 3.05) is 11.1 Å². The average molecular weight is 279 g/mol. The molecule has 1 fully saturated rings. The van der Waals surface area contributed by atoms with Gasteiger partial charge in [0.15, 0.2) is 0 Å². The standard InChI is InChI=1S/C14H15ClN2S/c1-9-12(6-8-18-9)17-13-5-4-11(15)14-10(13)3-2-7-16-14/h2-5,7,9,12,17H,6,8H2,1H3. The van der Waals surface area contributed by atoms with Gasteiger partial charge in [-0.25, -0.2) is 0 Å². The molecule has 1 aromatic heterocycles. The fraction of sp³-hybridized carbons (Fsp3) is 0.357. The van der Waals surface area contributed by atoms with Crippen LogP contribution in [0.2, 0.25) is 5.02 Å². The molecule has 2 aromatic rings. The van der Waals surface area contributed by atoms with Gasteiger partial charge in [0, 0.05) is 28.6 Å². The number of fused-ring (bicyclic) bond motifs is 1. The minimum Gasteiger partial charge on any atom is -0.381 e. The van der Waals surface area contributed by atoms with E-state index in [1.165, 1.54) is 12.2 Å².